The van der Waals surface area contributed by atoms with Gasteiger partial charge >= 0.3 is 0 Å². The fourth-order valence-corrected chi connectivity index (χ4v) is 5.33. The number of hydrogen-bond donors (Lipinski definition) is 1. The quantitative estimate of drug-likeness (QED) is 0.771. The minimum atomic E-state index is -4.11. The van der Waals surface area contributed by atoms with Crippen molar-refractivity contribution < 1.29 is 17.2 Å². The van der Waals surface area contributed by atoms with E-state index < -0.39 is 32.4 Å². The third-order valence-corrected chi connectivity index (χ3v) is 7.26. The molecule has 2 aromatic carbocycles. The first kappa shape index (κ1) is 20.7. The highest BCUT2D eigenvalue weighted by Gasteiger charge is 2.53. The maximum Gasteiger partial charge on any atom is 0.247 e. The Hall–Kier alpha value is -3.00. The molecule has 2 aromatic rings. The topological polar surface area (TPSA) is 75.8 Å². The fraction of sp³-hybridized carbons (Fsp3) is 0.190. The highest BCUT2D eigenvalue weighted by Crippen LogP contribution is 2.49. The Kier molecular flexibility index (Phi) is 5.08. The van der Waals surface area contributed by atoms with Gasteiger partial charge in [-0.25, -0.2) is 26.5 Å². The van der Waals surface area contributed by atoms with Gasteiger partial charge in [0.05, 0.1) is 0 Å². The standard InChI is InChI=1S/C21H21F2N3O2S/c1-5-21(17-11-10-16(22)12-18(17)23)19(29(27,28)26(4)20(24)25-21)15-8-6-14(7-9-15)13(2)3/h5-12,19H,1-2H2,3-4H3,(H2,24,25)/t19-,21+/m0/s1. The molecule has 1 aliphatic heterocycles. The van der Waals surface area contributed by atoms with Gasteiger partial charge in [0, 0.05) is 18.7 Å². The number of rotatable bonds is 4. The maximum absolute atomic E-state index is 14.8. The number of allylic oxidation sites excluding steroid dienone is 1. The van der Waals surface area contributed by atoms with E-state index in [1.807, 2.05) is 6.92 Å². The largest absolute Gasteiger partial charge is 0.369 e. The van der Waals surface area contributed by atoms with Crippen molar-refractivity contribution in [3.8, 4) is 0 Å². The van der Waals surface area contributed by atoms with Crippen molar-refractivity contribution in [2.24, 2.45) is 10.7 Å². The summed E-state index contributed by atoms with van der Waals surface area (Å²) in [6, 6.07) is 9.58. The molecule has 1 aliphatic rings. The number of sulfonamides is 1. The second kappa shape index (κ2) is 7.11. The molecule has 0 aromatic heterocycles. The third kappa shape index (κ3) is 3.23. The highest BCUT2D eigenvalue weighted by molar-refractivity contribution is 7.90. The molecular weight excluding hydrogens is 396 g/mol. The zero-order valence-electron chi connectivity index (χ0n) is 16.1. The average Bonchev–Trinajstić information content (AvgIpc) is 2.66. The maximum atomic E-state index is 14.8. The molecule has 0 unspecified atom stereocenters. The van der Waals surface area contributed by atoms with E-state index in [9.17, 15) is 17.2 Å². The van der Waals surface area contributed by atoms with Crippen LogP contribution in [0.2, 0.25) is 0 Å². The van der Waals surface area contributed by atoms with Crippen molar-refractivity contribution in [3.63, 3.8) is 0 Å². The summed E-state index contributed by atoms with van der Waals surface area (Å²) in [5, 5.41) is -1.36. The lowest BCUT2D eigenvalue weighted by molar-refractivity contribution is 0.432. The third-order valence-electron chi connectivity index (χ3n) is 5.08. The van der Waals surface area contributed by atoms with E-state index in [0.717, 1.165) is 21.5 Å². The summed E-state index contributed by atoms with van der Waals surface area (Å²) < 4.78 is 55.9. The number of halogens is 2. The normalized spacial score (nSPS) is 23.4. The number of aliphatic imine (C=N–C) groups is 1. The second-order valence-corrected chi connectivity index (χ2v) is 8.97. The summed E-state index contributed by atoms with van der Waals surface area (Å²) in [6.45, 7) is 9.41. The van der Waals surface area contributed by atoms with Crippen molar-refractivity contribution in [1.82, 2.24) is 4.31 Å². The van der Waals surface area contributed by atoms with Gasteiger partial charge in [-0.1, -0.05) is 48.6 Å². The van der Waals surface area contributed by atoms with Crippen molar-refractivity contribution >= 4 is 21.6 Å². The average molecular weight is 417 g/mol. The highest BCUT2D eigenvalue weighted by atomic mass is 32.2. The summed E-state index contributed by atoms with van der Waals surface area (Å²) in [5.74, 6) is -2.05. The lowest BCUT2D eigenvalue weighted by Crippen LogP contribution is -2.52. The van der Waals surface area contributed by atoms with Crippen LogP contribution < -0.4 is 5.73 Å². The van der Waals surface area contributed by atoms with Gasteiger partial charge in [-0.15, -0.1) is 6.58 Å². The lowest BCUT2D eigenvalue weighted by atomic mass is 9.83. The van der Waals surface area contributed by atoms with Gasteiger partial charge in [-0.3, -0.25) is 0 Å². The molecule has 8 heteroatoms. The van der Waals surface area contributed by atoms with Crippen molar-refractivity contribution in [2.45, 2.75) is 17.7 Å². The number of nitrogens with zero attached hydrogens (tertiary/aromatic N) is 2. The molecular formula is C21H21F2N3O2S. The summed E-state index contributed by atoms with van der Waals surface area (Å²) in [6.07, 6.45) is 1.23. The number of hydrogen-bond acceptors (Lipinski definition) is 4. The monoisotopic (exact) mass is 417 g/mol. The molecule has 1 heterocycles. The molecule has 152 valence electrons. The molecule has 2 atom stereocenters. The van der Waals surface area contributed by atoms with E-state index in [1.165, 1.54) is 19.2 Å². The van der Waals surface area contributed by atoms with Crippen LogP contribution in [0.25, 0.3) is 5.57 Å². The molecule has 5 nitrogen and oxygen atoms in total. The second-order valence-electron chi connectivity index (χ2n) is 6.92. The fourth-order valence-electron chi connectivity index (χ4n) is 3.48. The first-order valence-electron chi connectivity index (χ1n) is 8.72. The van der Waals surface area contributed by atoms with E-state index >= 15 is 0 Å². The van der Waals surface area contributed by atoms with Gasteiger partial charge in [0.2, 0.25) is 16.0 Å². The van der Waals surface area contributed by atoms with Crippen LogP contribution in [0.5, 0.6) is 0 Å². The van der Waals surface area contributed by atoms with E-state index in [4.69, 9.17) is 5.73 Å². The van der Waals surface area contributed by atoms with Gasteiger partial charge in [-0.2, -0.15) is 0 Å². The van der Waals surface area contributed by atoms with Crippen LogP contribution >= 0.6 is 0 Å². The molecule has 0 aliphatic carbocycles. The molecule has 0 radical (unpaired) electrons. The van der Waals surface area contributed by atoms with Crippen molar-refractivity contribution in [1.29, 1.82) is 0 Å². The minimum Gasteiger partial charge on any atom is -0.369 e. The Morgan fingerprint density at radius 3 is 2.38 bits per heavy atom. The van der Waals surface area contributed by atoms with Crippen LogP contribution in [-0.2, 0) is 15.6 Å². The predicted octanol–water partition coefficient (Wildman–Crippen LogP) is 3.71. The van der Waals surface area contributed by atoms with Gasteiger partial charge < -0.3 is 5.73 Å². The molecule has 3 rings (SSSR count). The molecule has 0 fully saturated rings. The smallest absolute Gasteiger partial charge is 0.247 e. The van der Waals surface area contributed by atoms with Crippen LogP contribution in [0, 0.1) is 11.6 Å². The first-order chi connectivity index (χ1) is 13.5. The SMILES string of the molecule is C=C[C@]1(c2ccc(F)cc2F)N=C(N)N(C)S(=O)(=O)[C@H]1c1ccc(C(=C)C)cc1. The van der Waals surface area contributed by atoms with E-state index in [0.29, 0.717) is 11.6 Å². The summed E-state index contributed by atoms with van der Waals surface area (Å²) in [4.78, 5) is 4.33. The van der Waals surface area contributed by atoms with Crippen molar-refractivity contribution in [3.05, 3.63) is 90.0 Å². The Bertz CT molecular complexity index is 1130. The van der Waals surface area contributed by atoms with Crippen LogP contribution in [0.3, 0.4) is 0 Å². The van der Waals surface area contributed by atoms with Crippen molar-refractivity contribution in [2.75, 3.05) is 7.05 Å². The van der Waals surface area contributed by atoms with Gasteiger partial charge in [0.25, 0.3) is 0 Å². The molecule has 0 spiro atoms. The zero-order valence-corrected chi connectivity index (χ0v) is 16.9. The van der Waals surface area contributed by atoms with Crippen LogP contribution in [-0.4, -0.2) is 25.7 Å². The molecule has 2 N–H and O–H groups in total. The molecule has 29 heavy (non-hydrogen) atoms. The van der Waals surface area contributed by atoms with Gasteiger partial charge in [0.15, 0.2) is 0 Å². The lowest BCUT2D eigenvalue weighted by Gasteiger charge is -2.42. The Morgan fingerprint density at radius 2 is 1.86 bits per heavy atom. The summed E-state index contributed by atoms with van der Waals surface area (Å²) in [5.41, 5.74) is 5.95. The van der Waals surface area contributed by atoms with E-state index in [1.54, 1.807) is 24.3 Å². The number of benzene rings is 2. The molecule has 0 amide bonds. The minimum absolute atomic E-state index is 0.137. The molecule has 0 saturated heterocycles. The van der Waals surface area contributed by atoms with Gasteiger partial charge in [-0.05, 0) is 24.1 Å². The Balaban J connectivity index is 2.36. The van der Waals surface area contributed by atoms with Crippen LogP contribution in [0.4, 0.5) is 8.78 Å². The van der Waals surface area contributed by atoms with E-state index in [-0.39, 0.29) is 11.5 Å². The van der Waals surface area contributed by atoms with Crippen LogP contribution in [0.15, 0.2) is 66.7 Å². The summed E-state index contributed by atoms with van der Waals surface area (Å²) in [7, 11) is -2.83. The predicted molar refractivity (Wildman–Crippen MR) is 110 cm³/mol. The number of guanidine groups is 1. The summed E-state index contributed by atoms with van der Waals surface area (Å²) >= 11 is 0. The first-order valence-corrected chi connectivity index (χ1v) is 10.2. The Morgan fingerprint density at radius 1 is 1.24 bits per heavy atom. The molecule has 0 saturated carbocycles. The van der Waals surface area contributed by atoms with Crippen LogP contribution in [0.1, 0.15) is 28.9 Å². The molecule has 0 bridgehead atoms. The van der Waals surface area contributed by atoms with E-state index in [2.05, 4.69) is 18.2 Å². The number of nitrogens with two attached hydrogens (primary N) is 1. The van der Waals surface area contributed by atoms with Gasteiger partial charge in [0.1, 0.15) is 22.4 Å². The Labute approximate surface area is 168 Å². The zero-order chi connectivity index (χ0) is 21.6.